The van der Waals surface area contributed by atoms with Gasteiger partial charge >= 0.3 is 0 Å². The fourth-order valence-corrected chi connectivity index (χ4v) is 3.40. The molecule has 2 saturated heterocycles. The van der Waals surface area contributed by atoms with Crippen molar-refractivity contribution in [2.75, 3.05) is 26.3 Å². The number of nitrogens with zero attached hydrogens (tertiary/aromatic N) is 1. The predicted octanol–water partition coefficient (Wildman–Crippen LogP) is 1.99. The first-order chi connectivity index (χ1) is 12.2. The monoisotopic (exact) mass is 346 g/mol. The molecule has 25 heavy (non-hydrogen) atoms. The number of piperidine rings is 1. The van der Waals surface area contributed by atoms with E-state index in [4.69, 9.17) is 9.47 Å². The maximum atomic E-state index is 12.8. The van der Waals surface area contributed by atoms with Gasteiger partial charge in [0.15, 0.2) is 0 Å². The van der Waals surface area contributed by atoms with Crippen molar-refractivity contribution in [3.05, 3.63) is 29.8 Å². The zero-order valence-corrected chi connectivity index (χ0v) is 14.7. The lowest BCUT2D eigenvalue weighted by atomic mass is 10.0. The van der Waals surface area contributed by atoms with Crippen LogP contribution in [-0.4, -0.2) is 55.2 Å². The summed E-state index contributed by atoms with van der Waals surface area (Å²) >= 11 is 0. The molecule has 136 valence electrons. The maximum absolute atomic E-state index is 12.8. The van der Waals surface area contributed by atoms with Crippen LogP contribution in [0.4, 0.5) is 0 Å². The predicted molar refractivity (Wildman–Crippen MR) is 93.7 cm³/mol. The third-order valence-corrected chi connectivity index (χ3v) is 4.77. The number of rotatable bonds is 5. The molecular weight excluding hydrogens is 320 g/mol. The van der Waals surface area contributed by atoms with Gasteiger partial charge < -0.3 is 19.7 Å². The number of ether oxygens (including phenoxy) is 2. The van der Waals surface area contributed by atoms with E-state index < -0.39 is 0 Å². The van der Waals surface area contributed by atoms with Gasteiger partial charge in [-0.05, 0) is 44.7 Å². The van der Waals surface area contributed by atoms with Crippen molar-refractivity contribution in [3.8, 4) is 5.75 Å². The molecule has 1 aromatic rings. The molecule has 1 N–H and O–H groups in total. The van der Waals surface area contributed by atoms with E-state index in [-0.39, 0.29) is 24.0 Å². The zero-order chi connectivity index (χ0) is 17.6. The van der Waals surface area contributed by atoms with Gasteiger partial charge in [0, 0.05) is 25.7 Å². The van der Waals surface area contributed by atoms with Crippen molar-refractivity contribution in [1.29, 1.82) is 0 Å². The lowest BCUT2D eigenvalue weighted by Gasteiger charge is -2.33. The Bertz CT molecular complexity index is 605. The smallest absolute Gasteiger partial charge is 0.257 e. The quantitative estimate of drug-likeness (QED) is 0.885. The number of amides is 2. The summed E-state index contributed by atoms with van der Waals surface area (Å²) in [5.74, 6) is 0.612. The number of para-hydroxylation sites is 1. The van der Waals surface area contributed by atoms with E-state index in [1.807, 2.05) is 30.0 Å². The van der Waals surface area contributed by atoms with Crippen LogP contribution in [0.15, 0.2) is 24.3 Å². The van der Waals surface area contributed by atoms with Gasteiger partial charge in [-0.25, -0.2) is 0 Å². The molecule has 6 heteroatoms. The van der Waals surface area contributed by atoms with Crippen molar-refractivity contribution in [2.24, 2.45) is 0 Å². The molecule has 1 aromatic carbocycles. The van der Waals surface area contributed by atoms with Gasteiger partial charge in [0.1, 0.15) is 11.9 Å². The Morgan fingerprint density at radius 3 is 2.68 bits per heavy atom. The third kappa shape index (κ3) is 4.31. The lowest BCUT2D eigenvalue weighted by Crippen LogP contribution is -2.48. The molecule has 0 aromatic heterocycles. The Balaban J connectivity index is 1.53. The normalized spacial score (nSPS) is 21.2. The Hall–Kier alpha value is -2.08. The third-order valence-electron chi connectivity index (χ3n) is 4.77. The highest BCUT2D eigenvalue weighted by Gasteiger charge is 2.29. The van der Waals surface area contributed by atoms with Crippen LogP contribution in [0.25, 0.3) is 0 Å². The van der Waals surface area contributed by atoms with Crippen molar-refractivity contribution in [1.82, 2.24) is 10.2 Å². The van der Waals surface area contributed by atoms with Gasteiger partial charge in [-0.3, -0.25) is 9.59 Å². The highest BCUT2D eigenvalue weighted by molar-refractivity contribution is 5.97. The summed E-state index contributed by atoms with van der Waals surface area (Å²) < 4.78 is 11.0. The summed E-state index contributed by atoms with van der Waals surface area (Å²) in [6, 6.07) is 7.46. The van der Waals surface area contributed by atoms with E-state index in [0.717, 1.165) is 25.7 Å². The molecule has 2 aliphatic rings. The molecule has 0 spiro atoms. The molecule has 0 unspecified atom stereocenters. The van der Waals surface area contributed by atoms with Crippen LogP contribution in [0.3, 0.4) is 0 Å². The summed E-state index contributed by atoms with van der Waals surface area (Å²) in [6.45, 7) is 4.38. The number of nitrogens with one attached hydrogen (secondary N) is 1. The molecule has 2 fully saturated rings. The minimum Gasteiger partial charge on any atom is -0.493 e. The first-order valence-electron chi connectivity index (χ1n) is 9.12. The summed E-state index contributed by atoms with van der Waals surface area (Å²) in [5, 5.41) is 3.07. The number of benzene rings is 1. The second kappa shape index (κ2) is 8.34. The largest absolute Gasteiger partial charge is 0.493 e. The molecule has 3 rings (SSSR count). The second-order valence-electron chi connectivity index (χ2n) is 6.51. The van der Waals surface area contributed by atoms with Gasteiger partial charge in [-0.2, -0.15) is 0 Å². The molecule has 0 saturated carbocycles. The first-order valence-corrected chi connectivity index (χ1v) is 9.12. The van der Waals surface area contributed by atoms with Crippen LogP contribution in [-0.2, 0) is 9.53 Å². The Morgan fingerprint density at radius 1 is 1.24 bits per heavy atom. The summed E-state index contributed by atoms with van der Waals surface area (Å²) in [6.07, 6.45) is 2.99. The maximum Gasteiger partial charge on any atom is 0.257 e. The van der Waals surface area contributed by atoms with E-state index >= 15 is 0 Å². The molecule has 2 aliphatic heterocycles. The van der Waals surface area contributed by atoms with Gasteiger partial charge in [-0.15, -0.1) is 0 Å². The van der Waals surface area contributed by atoms with E-state index in [2.05, 4.69) is 5.32 Å². The van der Waals surface area contributed by atoms with Crippen molar-refractivity contribution >= 4 is 11.8 Å². The van der Waals surface area contributed by atoms with Crippen LogP contribution in [0.1, 0.15) is 43.0 Å². The van der Waals surface area contributed by atoms with Gasteiger partial charge in [0.25, 0.3) is 5.91 Å². The molecular formula is C19H26N2O4. The minimum atomic E-state index is -0.294. The molecule has 2 amide bonds. The molecule has 0 bridgehead atoms. The lowest BCUT2D eigenvalue weighted by molar-refractivity contribution is -0.131. The van der Waals surface area contributed by atoms with E-state index in [1.165, 1.54) is 0 Å². The van der Waals surface area contributed by atoms with E-state index in [1.54, 1.807) is 6.07 Å². The highest BCUT2D eigenvalue weighted by Crippen LogP contribution is 2.22. The van der Waals surface area contributed by atoms with Crippen LogP contribution in [0.2, 0.25) is 0 Å². The second-order valence-corrected chi connectivity index (χ2v) is 6.51. The average molecular weight is 346 g/mol. The Labute approximate surface area is 148 Å². The number of carbonyl (C=O) groups is 2. The van der Waals surface area contributed by atoms with Crippen LogP contribution >= 0.6 is 0 Å². The fraction of sp³-hybridized carbons (Fsp3) is 0.579. The Morgan fingerprint density at radius 2 is 2.00 bits per heavy atom. The number of likely N-dealkylation sites (tertiary alicyclic amines) is 1. The van der Waals surface area contributed by atoms with E-state index in [9.17, 15) is 9.59 Å². The number of hydrogen-bond donors (Lipinski definition) is 1. The average Bonchev–Trinajstić information content (AvgIpc) is 3.17. The SMILES string of the molecule is CCOc1ccccc1C(=O)N1CCC(NC(=O)[C@H]2CCCO2)CC1. The number of carbonyl (C=O) groups excluding carboxylic acids is 2. The summed E-state index contributed by atoms with van der Waals surface area (Å²) in [5.41, 5.74) is 0.603. The van der Waals surface area contributed by atoms with Crippen molar-refractivity contribution < 1.29 is 19.1 Å². The van der Waals surface area contributed by atoms with Crippen LogP contribution < -0.4 is 10.1 Å². The molecule has 6 nitrogen and oxygen atoms in total. The van der Waals surface area contributed by atoms with Gasteiger partial charge in [0.2, 0.25) is 5.91 Å². The molecule has 0 aliphatic carbocycles. The number of hydrogen-bond acceptors (Lipinski definition) is 4. The van der Waals surface area contributed by atoms with Crippen LogP contribution in [0.5, 0.6) is 5.75 Å². The van der Waals surface area contributed by atoms with E-state index in [0.29, 0.717) is 37.6 Å². The standard InChI is InChI=1S/C19H26N2O4/c1-2-24-16-7-4-3-6-15(16)19(23)21-11-9-14(10-12-21)20-18(22)17-8-5-13-25-17/h3-4,6-7,14,17H,2,5,8-13H2,1H3,(H,20,22)/t17-/m1/s1. The molecule has 2 heterocycles. The first kappa shape index (κ1) is 17.7. The van der Waals surface area contributed by atoms with Gasteiger partial charge in [-0.1, -0.05) is 12.1 Å². The Kier molecular flexibility index (Phi) is 5.91. The summed E-state index contributed by atoms with van der Waals surface area (Å²) in [7, 11) is 0. The highest BCUT2D eigenvalue weighted by atomic mass is 16.5. The van der Waals surface area contributed by atoms with Gasteiger partial charge in [0.05, 0.1) is 12.2 Å². The van der Waals surface area contributed by atoms with Crippen molar-refractivity contribution in [3.63, 3.8) is 0 Å². The molecule has 0 radical (unpaired) electrons. The summed E-state index contributed by atoms with van der Waals surface area (Å²) in [4.78, 5) is 26.7. The van der Waals surface area contributed by atoms with Crippen molar-refractivity contribution in [2.45, 2.75) is 44.8 Å². The van der Waals surface area contributed by atoms with Crippen LogP contribution in [0, 0.1) is 0 Å². The zero-order valence-electron chi connectivity index (χ0n) is 14.7. The topological polar surface area (TPSA) is 67.9 Å². The fourth-order valence-electron chi connectivity index (χ4n) is 3.40. The molecule has 1 atom stereocenters. The minimum absolute atomic E-state index is 0.00653.